The quantitative estimate of drug-likeness (QED) is 0.863. The maximum absolute atomic E-state index is 13.6. The van der Waals surface area contributed by atoms with E-state index in [1.807, 2.05) is 18.4 Å². The molecule has 0 spiro atoms. The third-order valence-electron chi connectivity index (χ3n) is 2.39. The monoisotopic (exact) mass is 329 g/mol. The zero-order valence-electron chi connectivity index (χ0n) is 9.87. The normalized spacial score (nSPS) is 10.6. The number of benzene rings is 1. The Labute approximate surface area is 118 Å². The minimum Gasteiger partial charge on any atom is -0.463 e. The second kappa shape index (κ2) is 6.29. The Balaban J connectivity index is 1.97. The van der Waals surface area contributed by atoms with Gasteiger partial charge in [0.1, 0.15) is 17.3 Å². The smallest absolute Gasteiger partial charge is 0.147 e. The first-order valence-corrected chi connectivity index (χ1v) is 7.63. The maximum Gasteiger partial charge on any atom is 0.147 e. The molecule has 2 rings (SSSR count). The van der Waals surface area contributed by atoms with Gasteiger partial charge in [0.15, 0.2) is 0 Å². The summed E-state index contributed by atoms with van der Waals surface area (Å²) < 4.78 is 19.9. The highest BCUT2D eigenvalue weighted by atomic mass is 79.9. The number of rotatable bonds is 5. The van der Waals surface area contributed by atoms with E-state index < -0.39 is 0 Å². The summed E-state index contributed by atoms with van der Waals surface area (Å²) in [7, 11) is 0. The fraction of sp³-hybridized carbons (Fsp3) is 0.231. The number of anilines is 1. The van der Waals surface area contributed by atoms with Crippen molar-refractivity contribution in [3.8, 4) is 0 Å². The molecule has 96 valence electrons. The van der Waals surface area contributed by atoms with Gasteiger partial charge >= 0.3 is 0 Å². The fourth-order valence-electron chi connectivity index (χ4n) is 1.55. The molecular weight excluding hydrogens is 317 g/mol. The molecule has 0 aliphatic rings. The minimum absolute atomic E-state index is 0.278. The Kier molecular flexibility index (Phi) is 4.72. The number of hydrogen-bond acceptors (Lipinski definition) is 3. The Hall–Kier alpha value is -0.940. The predicted molar refractivity (Wildman–Crippen MR) is 77.4 cm³/mol. The molecule has 5 heteroatoms. The van der Waals surface area contributed by atoms with Crippen LogP contribution in [-0.2, 0) is 12.3 Å². The molecule has 0 amide bonds. The lowest BCUT2D eigenvalue weighted by Crippen LogP contribution is -2.00. The second-order valence-corrected chi connectivity index (χ2v) is 5.56. The van der Waals surface area contributed by atoms with Gasteiger partial charge in [-0.05, 0) is 36.6 Å². The maximum atomic E-state index is 13.6. The van der Waals surface area contributed by atoms with Crippen LogP contribution in [0.1, 0.15) is 11.5 Å². The molecule has 0 atom stereocenters. The number of furan rings is 1. The summed E-state index contributed by atoms with van der Waals surface area (Å²) >= 11 is 4.93. The first kappa shape index (κ1) is 13.5. The molecule has 0 radical (unpaired) electrons. The molecule has 1 aromatic heterocycles. The van der Waals surface area contributed by atoms with Crippen LogP contribution in [-0.4, -0.2) is 6.26 Å². The molecule has 0 aliphatic carbocycles. The van der Waals surface area contributed by atoms with E-state index in [0.717, 1.165) is 21.7 Å². The predicted octanol–water partition coefficient (Wildman–Crippen LogP) is 4.66. The molecule has 1 heterocycles. The van der Waals surface area contributed by atoms with Crippen molar-refractivity contribution in [2.45, 2.75) is 12.3 Å². The molecule has 2 aromatic rings. The molecule has 1 N–H and O–H groups in total. The van der Waals surface area contributed by atoms with Gasteiger partial charge in [0, 0.05) is 4.47 Å². The van der Waals surface area contributed by atoms with Crippen molar-refractivity contribution >= 4 is 33.4 Å². The van der Waals surface area contributed by atoms with Crippen molar-refractivity contribution < 1.29 is 8.81 Å². The van der Waals surface area contributed by atoms with Crippen LogP contribution in [0.4, 0.5) is 10.1 Å². The lowest BCUT2D eigenvalue weighted by atomic mass is 10.3. The SMILES string of the molecule is CSCc1ccc(CNc2ccc(Br)cc2F)o1. The van der Waals surface area contributed by atoms with Crippen molar-refractivity contribution in [3.63, 3.8) is 0 Å². The minimum atomic E-state index is -0.278. The topological polar surface area (TPSA) is 25.2 Å². The van der Waals surface area contributed by atoms with Gasteiger partial charge in [-0.25, -0.2) is 4.39 Å². The molecule has 0 aliphatic heterocycles. The third-order valence-corrected chi connectivity index (χ3v) is 3.45. The number of nitrogens with one attached hydrogen (secondary N) is 1. The van der Waals surface area contributed by atoms with E-state index in [-0.39, 0.29) is 5.82 Å². The van der Waals surface area contributed by atoms with Crippen LogP contribution in [0.2, 0.25) is 0 Å². The van der Waals surface area contributed by atoms with E-state index in [0.29, 0.717) is 12.2 Å². The van der Waals surface area contributed by atoms with E-state index >= 15 is 0 Å². The third kappa shape index (κ3) is 3.53. The highest BCUT2D eigenvalue weighted by molar-refractivity contribution is 9.10. The molecule has 0 unspecified atom stereocenters. The van der Waals surface area contributed by atoms with Crippen LogP contribution in [0.5, 0.6) is 0 Å². The van der Waals surface area contributed by atoms with Crippen molar-refractivity contribution in [1.82, 2.24) is 0 Å². The van der Waals surface area contributed by atoms with E-state index in [1.165, 1.54) is 6.07 Å². The van der Waals surface area contributed by atoms with Crippen molar-refractivity contribution in [2.24, 2.45) is 0 Å². The van der Waals surface area contributed by atoms with Crippen LogP contribution in [0.25, 0.3) is 0 Å². The van der Waals surface area contributed by atoms with Gasteiger partial charge in [0.2, 0.25) is 0 Å². The molecule has 18 heavy (non-hydrogen) atoms. The summed E-state index contributed by atoms with van der Waals surface area (Å²) in [4.78, 5) is 0. The average Bonchev–Trinajstić information content (AvgIpc) is 2.76. The molecule has 0 bridgehead atoms. The Morgan fingerprint density at radius 2 is 2.06 bits per heavy atom. The zero-order chi connectivity index (χ0) is 13.0. The summed E-state index contributed by atoms with van der Waals surface area (Å²) in [6.45, 7) is 0.479. The van der Waals surface area contributed by atoms with Crippen LogP contribution in [0, 0.1) is 5.82 Å². The number of hydrogen-bond donors (Lipinski definition) is 1. The van der Waals surface area contributed by atoms with E-state index in [4.69, 9.17) is 4.42 Å². The summed E-state index contributed by atoms with van der Waals surface area (Å²) in [6.07, 6.45) is 2.03. The first-order chi connectivity index (χ1) is 8.69. The van der Waals surface area contributed by atoms with Crippen LogP contribution < -0.4 is 5.32 Å². The average molecular weight is 330 g/mol. The van der Waals surface area contributed by atoms with Gasteiger partial charge in [-0.2, -0.15) is 11.8 Å². The van der Waals surface area contributed by atoms with Crippen molar-refractivity contribution in [3.05, 3.63) is 52.1 Å². The lowest BCUT2D eigenvalue weighted by Gasteiger charge is -2.06. The summed E-state index contributed by atoms with van der Waals surface area (Å²) in [5.41, 5.74) is 0.473. The highest BCUT2D eigenvalue weighted by Gasteiger charge is 2.05. The van der Waals surface area contributed by atoms with Gasteiger partial charge in [0.25, 0.3) is 0 Å². The zero-order valence-corrected chi connectivity index (χ0v) is 12.3. The van der Waals surface area contributed by atoms with Gasteiger partial charge in [-0.15, -0.1) is 0 Å². The van der Waals surface area contributed by atoms with E-state index in [2.05, 4.69) is 21.2 Å². The molecule has 0 fully saturated rings. The molecular formula is C13H13BrFNOS. The second-order valence-electron chi connectivity index (χ2n) is 3.78. The van der Waals surface area contributed by atoms with Crippen LogP contribution in [0.3, 0.4) is 0 Å². The van der Waals surface area contributed by atoms with Crippen molar-refractivity contribution in [2.75, 3.05) is 11.6 Å². The van der Waals surface area contributed by atoms with Gasteiger partial charge in [-0.1, -0.05) is 15.9 Å². The Morgan fingerprint density at radius 3 is 2.78 bits per heavy atom. The number of halogens is 2. The Bertz CT molecular complexity index is 529. The largest absolute Gasteiger partial charge is 0.463 e. The first-order valence-electron chi connectivity index (χ1n) is 5.44. The fourth-order valence-corrected chi connectivity index (χ4v) is 2.33. The number of thioether (sulfide) groups is 1. The highest BCUT2D eigenvalue weighted by Crippen LogP contribution is 2.20. The van der Waals surface area contributed by atoms with Crippen molar-refractivity contribution in [1.29, 1.82) is 0 Å². The summed E-state index contributed by atoms with van der Waals surface area (Å²) in [5.74, 6) is 2.32. The molecule has 2 nitrogen and oxygen atoms in total. The molecule has 1 aromatic carbocycles. The van der Waals surface area contributed by atoms with Crippen LogP contribution in [0.15, 0.2) is 39.2 Å². The van der Waals surface area contributed by atoms with Gasteiger partial charge < -0.3 is 9.73 Å². The summed E-state index contributed by atoms with van der Waals surface area (Å²) in [6, 6.07) is 8.79. The van der Waals surface area contributed by atoms with Gasteiger partial charge in [0.05, 0.1) is 18.0 Å². The van der Waals surface area contributed by atoms with Crippen LogP contribution >= 0.6 is 27.7 Å². The van der Waals surface area contributed by atoms with E-state index in [9.17, 15) is 4.39 Å². The molecule has 0 saturated carbocycles. The molecule has 0 saturated heterocycles. The standard InChI is InChI=1S/C13H13BrFNOS/c1-18-8-11-4-3-10(17-11)7-16-13-5-2-9(14)6-12(13)15/h2-6,16H,7-8H2,1H3. The summed E-state index contributed by atoms with van der Waals surface area (Å²) in [5, 5.41) is 3.02. The lowest BCUT2D eigenvalue weighted by molar-refractivity contribution is 0.487. The Morgan fingerprint density at radius 1 is 1.28 bits per heavy atom. The van der Waals surface area contributed by atoms with Gasteiger partial charge in [-0.3, -0.25) is 0 Å². The van der Waals surface area contributed by atoms with E-state index in [1.54, 1.807) is 23.9 Å².